The van der Waals surface area contributed by atoms with E-state index < -0.39 is 0 Å². The molecule has 1 aliphatic heterocycles. The van der Waals surface area contributed by atoms with Gasteiger partial charge in [0.15, 0.2) is 0 Å². The molecule has 0 aliphatic carbocycles. The molecule has 1 heterocycles. The molecule has 1 amide bonds. The van der Waals surface area contributed by atoms with Crippen LogP contribution >= 0.6 is 55.4 Å². The second-order valence-corrected chi connectivity index (χ2v) is 9.85. The largest absolute Gasteiger partial charge is 0.506 e. The Morgan fingerprint density at radius 2 is 2.14 bits per heavy atom. The van der Waals surface area contributed by atoms with E-state index in [1.807, 2.05) is 23.5 Å². The quantitative estimate of drug-likeness (QED) is 0.535. The SMILES string of the molecule is CC1(CC(=O)N/N=C\c2cc(Br)cc(Br)c2O)SCCS1. The second kappa shape index (κ2) is 7.39. The first kappa shape index (κ1) is 17.2. The Labute approximate surface area is 148 Å². The molecular formula is C13H14Br2N2O2S2. The summed E-state index contributed by atoms with van der Waals surface area (Å²) in [5.74, 6) is 2.13. The highest BCUT2D eigenvalue weighted by atomic mass is 79.9. The van der Waals surface area contributed by atoms with E-state index in [4.69, 9.17) is 0 Å². The zero-order valence-corrected chi connectivity index (χ0v) is 16.0. The van der Waals surface area contributed by atoms with E-state index in [1.54, 1.807) is 12.1 Å². The maximum Gasteiger partial charge on any atom is 0.242 e. The van der Waals surface area contributed by atoms with Crippen LogP contribution in [-0.2, 0) is 4.79 Å². The molecule has 0 spiro atoms. The topological polar surface area (TPSA) is 61.7 Å². The first-order valence-electron chi connectivity index (χ1n) is 6.17. The number of phenolic OH excluding ortho intramolecular Hbond substituents is 1. The predicted molar refractivity (Wildman–Crippen MR) is 97.2 cm³/mol. The summed E-state index contributed by atoms with van der Waals surface area (Å²) in [6.07, 6.45) is 1.86. The van der Waals surface area contributed by atoms with Gasteiger partial charge in [0, 0.05) is 21.5 Å². The van der Waals surface area contributed by atoms with Gasteiger partial charge in [-0.1, -0.05) is 15.9 Å². The number of amides is 1. The molecular weight excluding hydrogens is 440 g/mol. The van der Waals surface area contributed by atoms with Crippen molar-refractivity contribution in [2.24, 2.45) is 5.10 Å². The van der Waals surface area contributed by atoms with Crippen LogP contribution in [0.4, 0.5) is 0 Å². The van der Waals surface area contributed by atoms with E-state index in [2.05, 4.69) is 49.3 Å². The van der Waals surface area contributed by atoms with Crippen LogP contribution in [0.25, 0.3) is 0 Å². The zero-order chi connectivity index (χ0) is 15.5. The summed E-state index contributed by atoms with van der Waals surface area (Å²) in [6.45, 7) is 2.08. The molecule has 114 valence electrons. The van der Waals surface area contributed by atoms with Crippen molar-refractivity contribution in [3.05, 3.63) is 26.6 Å². The fourth-order valence-electron chi connectivity index (χ4n) is 1.85. The van der Waals surface area contributed by atoms with Gasteiger partial charge in [0.2, 0.25) is 5.91 Å². The molecule has 0 atom stereocenters. The molecule has 1 fully saturated rings. The first-order valence-corrected chi connectivity index (χ1v) is 9.73. The van der Waals surface area contributed by atoms with Gasteiger partial charge in [0.1, 0.15) is 5.75 Å². The van der Waals surface area contributed by atoms with Gasteiger partial charge in [0.05, 0.1) is 21.2 Å². The average Bonchev–Trinajstić information content (AvgIpc) is 2.81. The van der Waals surface area contributed by atoms with Crippen molar-refractivity contribution >= 4 is 67.5 Å². The highest BCUT2D eigenvalue weighted by Gasteiger charge is 2.32. The standard InChI is InChI=1S/C13H14Br2N2O2S2/c1-13(20-2-3-21-13)6-11(18)17-16-7-8-4-9(14)5-10(15)12(8)19/h4-5,7,19H,2-3,6H2,1H3,(H,17,18)/b16-7-. The van der Waals surface area contributed by atoms with E-state index in [0.29, 0.717) is 16.5 Å². The zero-order valence-electron chi connectivity index (χ0n) is 11.2. The number of carbonyl (C=O) groups excluding carboxylic acids is 1. The lowest BCUT2D eigenvalue weighted by Gasteiger charge is -2.19. The molecule has 0 bridgehead atoms. The third-order valence-electron chi connectivity index (χ3n) is 2.83. The van der Waals surface area contributed by atoms with Crippen molar-refractivity contribution in [2.75, 3.05) is 11.5 Å². The van der Waals surface area contributed by atoms with Crippen LogP contribution in [0.15, 0.2) is 26.2 Å². The fraction of sp³-hybridized carbons (Fsp3) is 0.385. The van der Waals surface area contributed by atoms with Crippen molar-refractivity contribution < 1.29 is 9.90 Å². The predicted octanol–water partition coefficient (Wildman–Crippen LogP) is 3.95. The minimum atomic E-state index is -0.121. The van der Waals surface area contributed by atoms with Gasteiger partial charge in [-0.3, -0.25) is 4.79 Å². The Kier molecular flexibility index (Phi) is 6.05. The number of nitrogens with one attached hydrogen (secondary N) is 1. The Balaban J connectivity index is 1.95. The fourth-order valence-corrected chi connectivity index (χ4v) is 5.94. The molecule has 8 heteroatoms. The Morgan fingerprint density at radius 1 is 1.48 bits per heavy atom. The van der Waals surface area contributed by atoms with Crippen LogP contribution in [0.2, 0.25) is 0 Å². The van der Waals surface area contributed by atoms with Crippen molar-refractivity contribution in [3.63, 3.8) is 0 Å². The van der Waals surface area contributed by atoms with Crippen LogP contribution in [0, 0.1) is 0 Å². The number of thioether (sulfide) groups is 2. The highest BCUT2D eigenvalue weighted by molar-refractivity contribution is 9.11. The van der Waals surface area contributed by atoms with E-state index in [0.717, 1.165) is 16.0 Å². The highest BCUT2D eigenvalue weighted by Crippen LogP contribution is 2.45. The van der Waals surface area contributed by atoms with Crippen LogP contribution in [0.1, 0.15) is 18.9 Å². The summed E-state index contributed by atoms with van der Waals surface area (Å²) >= 11 is 10.2. The van der Waals surface area contributed by atoms with E-state index in [-0.39, 0.29) is 15.7 Å². The maximum atomic E-state index is 11.9. The third-order valence-corrected chi connectivity index (χ3v) is 7.18. The van der Waals surface area contributed by atoms with Crippen molar-refractivity contribution in [1.82, 2.24) is 5.43 Å². The molecule has 0 aromatic heterocycles. The molecule has 0 unspecified atom stereocenters. The van der Waals surface area contributed by atoms with Crippen molar-refractivity contribution in [1.29, 1.82) is 0 Å². The van der Waals surface area contributed by atoms with E-state index >= 15 is 0 Å². The Morgan fingerprint density at radius 3 is 2.81 bits per heavy atom. The van der Waals surface area contributed by atoms with Crippen LogP contribution in [-0.4, -0.2) is 32.8 Å². The number of halogens is 2. The van der Waals surface area contributed by atoms with Crippen LogP contribution < -0.4 is 5.43 Å². The molecule has 1 aromatic carbocycles. The number of hydrogen-bond acceptors (Lipinski definition) is 5. The van der Waals surface area contributed by atoms with Gasteiger partial charge >= 0.3 is 0 Å². The van der Waals surface area contributed by atoms with Gasteiger partial charge in [-0.2, -0.15) is 5.10 Å². The molecule has 21 heavy (non-hydrogen) atoms. The molecule has 2 N–H and O–H groups in total. The van der Waals surface area contributed by atoms with Gasteiger partial charge in [-0.05, 0) is 35.0 Å². The van der Waals surface area contributed by atoms with E-state index in [1.165, 1.54) is 6.21 Å². The number of aromatic hydroxyl groups is 1. The number of carbonyl (C=O) groups is 1. The lowest BCUT2D eigenvalue weighted by Crippen LogP contribution is -2.26. The summed E-state index contributed by atoms with van der Waals surface area (Å²) < 4.78 is 1.32. The monoisotopic (exact) mass is 452 g/mol. The molecule has 1 aromatic rings. The number of benzene rings is 1. The summed E-state index contributed by atoms with van der Waals surface area (Å²) in [7, 11) is 0. The lowest BCUT2D eigenvalue weighted by molar-refractivity contribution is -0.121. The molecule has 4 nitrogen and oxygen atoms in total. The summed E-state index contributed by atoms with van der Waals surface area (Å²) in [5, 5.41) is 13.8. The average molecular weight is 454 g/mol. The van der Waals surface area contributed by atoms with Gasteiger partial charge in [0.25, 0.3) is 0 Å². The van der Waals surface area contributed by atoms with Gasteiger partial charge in [-0.15, -0.1) is 23.5 Å². The number of phenols is 1. The molecule has 2 rings (SSSR count). The molecule has 1 aliphatic rings. The van der Waals surface area contributed by atoms with Crippen molar-refractivity contribution in [2.45, 2.75) is 17.4 Å². The second-order valence-electron chi connectivity index (χ2n) is 4.63. The van der Waals surface area contributed by atoms with Gasteiger partial charge in [-0.25, -0.2) is 5.43 Å². The summed E-state index contributed by atoms with van der Waals surface area (Å²) in [4.78, 5) is 11.9. The smallest absolute Gasteiger partial charge is 0.242 e. The van der Waals surface area contributed by atoms with Crippen LogP contribution in [0.3, 0.4) is 0 Å². The molecule has 1 saturated heterocycles. The number of nitrogens with zero attached hydrogens (tertiary/aromatic N) is 1. The first-order chi connectivity index (χ1) is 9.89. The Hall–Kier alpha value is -0.180. The molecule has 0 radical (unpaired) electrons. The van der Waals surface area contributed by atoms with Gasteiger partial charge < -0.3 is 5.11 Å². The van der Waals surface area contributed by atoms with Crippen LogP contribution in [0.5, 0.6) is 5.75 Å². The minimum absolute atomic E-state index is 0.0550. The third kappa shape index (κ3) is 4.91. The number of rotatable bonds is 4. The molecule has 0 saturated carbocycles. The normalized spacial score (nSPS) is 17.3. The Bertz CT molecular complexity index is 576. The van der Waals surface area contributed by atoms with E-state index in [9.17, 15) is 9.90 Å². The van der Waals surface area contributed by atoms with Crippen molar-refractivity contribution in [3.8, 4) is 5.75 Å². The minimum Gasteiger partial charge on any atom is -0.506 e. The summed E-state index contributed by atoms with van der Waals surface area (Å²) in [6, 6.07) is 3.46. The number of hydrazone groups is 1. The summed E-state index contributed by atoms with van der Waals surface area (Å²) in [5.41, 5.74) is 3.03. The lowest BCUT2D eigenvalue weighted by atomic mass is 10.2. The number of hydrogen-bond donors (Lipinski definition) is 2. The maximum absolute atomic E-state index is 11.9.